The molecule has 0 bridgehead atoms. The number of fused-ring (bicyclic) bond motifs is 1. The molecule has 4 aromatic rings. The summed E-state index contributed by atoms with van der Waals surface area (Å²) in [5.41, 5.74) is 1.92. The highest BCUT2D eigenvalue weighted by molar-refractivity contribution is 7.98. The average Bonchev–Trinajstić information content (AvgIpc) is 3.57. The topological polar surface area (TPSA) is 123 Å². The van der Waals surface area contributed by atoms with E-state index in [-0.39, 0.29) is 23.2 Å². The summed E-state index contributed by atoms with van der Waals surface area (Å²) in [6.07, 6.45) is 3.34. The van der Waals surface area contributed by atoms with E-state index in [0.717, 1.165) is 4.90 Å². The largest absolute Gasteiger partial charge is 0.467 e. The molecule has 1 aliphatic rings. The lowest BCUT2D eigenvalue weighted by atomic mass is 10.1. The average molecular weight is 460 g/mol. The molecule has 0 saturated heterocycles. The van der Waals surface area contributed by atoms with Gasteiger partial charge in [0.1, 0.15) is 5.76 Å². The van der Waals surface area contributed by atoms with Gasteiger partial charge < -0.3 is 9.73 Å². The Balaban J connectivity index is 1.36. The van der Waals surface area contributed by atoms with Crippen molar-refractivity contribution in [2.24, 2.45) is 0 Å². The Labute approximate surface area is 191 Å². The first kappa shape index (κ1) is 20.6. The molecule has 0 aliphatic carbocycles. The number of thioether (sulfide) groups is 1. The van der Waals surface area contributed by atoms with Crippen LogP contribution in [0.25, 0.3) is 5.69 Å². The molecular weight excluding hydrogens is 444 g/mol. The zero-order valence-corrected chi connectivity index (χ0v) is 18.1. The maximum Gasteiger partial charge on any atom is 0.261 e. The lowest BCUT2D eigenvalue weighted by Crippen LogP contribution is -2.28. The molecule has 0 fully saturated rings. The summed E-state index contributed by atoms with van der Waals surface area (Å²) in [7, 11) is 0. The van der Waals surface area contributed by atoms with Crippen LogP contribution in [0.2, 0.25) is 0 Å². The SMILES string of the molecule is CSc1nnnn1-c1cccc(NC(=O)c2ccc3c(c2)C(=O)N(Cc2ccco2)C3=O)c1. The van der Waals surface area contributed by atoms with E-state index in [1.54, 1.807) is 35.0 Å². The van der Waals surface area contributed by atoms with Crippen molar-refractivity contribution in [1.82, 2.24) is 25.1 Å². The van der Waals surface area contributed by atoms with E-state index in [1.165, 1.54) is 36.2 Å². The first-order valence-corrected chi connectivity index (χ1v) is 11.0. The second-order valence-electron chi connectivity index (χ2n) is 7.12. The van der Waals surface area contributed by atoms with Gasteiger partial charge in [-0.2, -0.15) is 4.68 Å². The Morgan fingerprint density at radius 1 is 1.06 bits per heavy atom. The first-order chi connectivity index (χ1) is 16.0. The number of nitrogens with one attached hydrogen (secondary N) is 1. The Kier molecular flexibility index (Phi) is 5.23. The number of imide groups is 1. The van der Waals surface area contributed by atoms with Gasteiger partial charge in [-0.3, -0.25) is 19.3 Å². The van der Waals surface area contributed by atoms with Crippen molar-refractivity contribution >= 4 is 35.2 Å². The van der Waals surface area contributed by atoms with Crippen molar-refractivity contribution in [3.63, 3.8) is 0 Å². The van der Waals surface area contributed by atoms with Crippen molar-refractivity contribution < 1.29 is 18.8 Å². The van der Waals surface area contributed by atoms with Gasteiger partial charge in [0.2, 0.25) is 5.16 Å². The van der Waals surface area contributed by atoms with E-state index in [0.29, 0.717) is 22.3 Å². The molecule has 0 saturated carbocycles. The Bertz CT molecular complexity index is 1380. The second-order valence-corrected chi connectivity index (χ2v) is 7.89. The van der Waals surface area contributed by atoms with E-state index in [2.05, 4.69) is 20.8 Å². The van der Waals surface area contributed by atoms with Crippen LogP contribution in [-0.2, 0) is 6.54 Å². The highest BCUT2D eigenvalue weighted by Gasteiger charge is 2.36. The Hall–Kier alpha value is -4.25. The van der Waals surface area contributed by atoms with Gasteiger partial charge in [-0.1, -0.05) is 17.8 Å². The van der Waals surface area contributed by atoms with Crippen LogP contribution in [-0.4, -0.2) is 49.1 Å². The number of aromatic nitrogens is 4. The molecule has 0 unspecified atom stereocenters. The maximum absolute atomic E-state index is 12.9. The van der Waals surface area contributed by atoms with E-state index in [1.807, 2.05) is 12.3 Å². The summed E-state index contributed by atoms with van der Waals surface area (Å²) < 4.78 is 6.81. The number of nitrogens with zero attached hydrogens (tertiary/aromatic N) is 5. The number of anilines is 1. The summed E-state index contributed by atoms with van der Waals surface area (Å²) >= 11 is 1.40. The smallest absolute Gasteiger partial charge is 0.261 e. The van der Waals surface area contributed by atoms with Crippen LogP contribution in [0.3, 0.4) is 0 Å². The number of tetrazole rings is 1. The van der Waals surface area contributed by atoms with E-state index in [9.17, 15) is 14.4 Å². The summed E-state index contributed by atoms with van der Waals surface area (Å²) in [5, 5.41) is 15.0. The summed E-state index contributed by atoms with van der Waals surface area (Å²) in [4.78, 5) is 39.4. The lowest BCUT2D eigenvalue weighted by Gasteiger charge is -2.11. The van der Waals surface area contributed by atoms with E-state index >= 15 is 0 Å². The Morgan fingerprint density at radius 3 is 2.70 bits per heavy atom. The van der Waals surface area contributed by atoms with Gasteiger partial charge >= 0.3 is 0 Å². The molecule has 33 heavy (non-hydrogen) atoms. The minimum atomic E-state index is -0.466. The van der Waals surface area contributed by atoms with E-state index < -0.39 is 17.7 Å². The van der Waals surface area contributed by atoms with E-state index in [4.69, 9.17) is 4.42 Å². The second kappa shape index (κ2) is 8.36. The number of carbonyl (C=O) groups excluding carboxylic acids is 3. The van der Waals surface area contributed by atoms with Crippen LogP contribution in [0.5, 0.6) is 0 Å². The number of hydrogen-bond donors (Lipinski definition) is 1. The highest BCUT2D eigenvalue weighted by atomic mass is 32.2. The van der Waals surface area contributed by atoms with Crippen molar-refractivity contribution in [2.75, 3.05) is 11.6 Å². The minimum absolute atomic E-state index is 0.0306. The monoisotopic (exact) mass is 460 g/mol. The normalized spacial score (nSPS) is 12.8. The van der Waals surface area contributed by atoms with Gasteiger partial charge in [0.05, 0.1) is 29.6 Å². The van der Waals surface area contributed by atoms with Crippen molar-refractivity contribution in [3.8, 4) is 5.69 Å². The van der Waals surface area contributed by atoms with Crippen LogP contribution in [0.4, 0.5) is 5.69 Å². The first-order valence-electron chi connectivity index (χ1n) is 9.82. The zero-order valence-electron chi connectivity index (χ0n) is 17.3. The molecule has 2 aromatic heterocycles. The summed E-state index contributed by atoms with van der Waals surface area (Å²) in [6.45, 7) is 0.0306. The molecule has 2 aromatic carbocycles. The third kappa shape index (κ3) is 3.78. The molecule has 0 radical (unpaired) electrons. The fourth-order valence-electron chi connectivity index (χ4n) is 3.52. The van der Waals surface area contributed by atoms with Crippen molar-refractivity contribution in [2.45, 2.75) is 11.7 Å². The van der Waals surface area contributed by atoms with Crippen LogP contribution < -0.4 is 5.32 Å². The number of benzene rings is 2. The molecule has 5 rings (SSSR count). The minimum Gasteiger partial charge on any atom is -0.467 e. The summed E-state index contributed by atoms with van der Waals surface area (Å²) in [6, 6.07) is 14.9. The van der Waals surface area contributed by atoms with Crippen LogP contribution >= 0.6 is 11.8 Å². The van der Waals surface area contributed by atoms with Gasteiger partial charge in [0, 0.05) is 11.3 Å². The third-order valence-corrected chi connectivity index (χ3v) is 5.72. The maximum atomic E-state index is 12.9. The molecule has 1 aliphatic heterocycles. The van der Waals surface area contributed by atoms with Crippen molar-refractivity contribution in [1.29, 1.82) is 0 Å². The van der Waals surface area contributed by atoms with Crippen LogP contribution in [0.15, 0.2) is 70.4 Å². The third-order valence-electron chi connectivity index (χ3n) is 5.10. The molecule has 10 nitrogen and oxygen atoms in total. The fourth-order valence-corrected chi connectivity index (χ4v) is 3.95. The quantitative estimate of drug-likeness (QED) is 0.344. The highest BCUT2D eigenvalue weighted by Crippen LogP contribution is 2.26. The number of rotatable bonds is 6. The molecule has 3 amide bonds. The molecule has 0 atom stereocenters. The predicted octanol–water partition coefficient (Wildman–Crippen LogP) is 3.03. The van der Waals surface area contributed by atoms with Gasteiger partial charge in [-0.15, -0.1) is 5.10 Å². The van der Waals surface area contributed by atoms with Gasteiger partial charge in [0.15, 0.2) is 0 Å². The predicted molar refractivity (Wildman–Crippen MR) is 118 cm³/mol. The van der Waals surface area contributed by atoms with Gasteiger partial charge in [-0.25, -0.2) is 0 Å². The fraction of sp³-hybridized carbons (Fsp3) is 0.0909. The van der Waals surface area contributed by atoms with Crippen molar-refractivity contribution in [3.05, 3.63) is 83.3 Å². The molecule has 0 spiro atoms. The molecule has 11 heteroatoms. The van der Waals surface area contributed by atoms with Gasteiger partial charge in [0.25, 0.3) is 17.7 Å². The Morgan fingerprint density at radius 2 is 1.91 bits per heavy atom. The molecule has 1 N–H and O–H groups in total. The number of hydrogen-bond acceptors (Lipinski definition) is 8. The zero-order chi connectivity index (χ0) is 22.9. The molecular formula is C22H16N6O4S. The number of furan rings is 1. The van der Waals surface area contributed by atoms with Gasteiger partial charge in [-0.05, 0) is 65.2 Å². The van der Waals surface area contributed by atoms with Crippen LogP contribution in [0, 0.1) is 0 Å². The van der Waals surface area contributed by atoms with Crippen LogP contribution in [0.1, 0.15) is 36.8 Å². The lowest BCUT2D eigenvalue weighted by molar-refractivity contribution is 0.0631. The molecule has 164 valence electrons. The molecule has 3 heterocycles. The summed E-state index contributed by atoms with van der Waals surface area (Å²) in [5.74, 6) is -0.806. The number of carbonyl (C=O) groups is 3. The standard InChI is InChI=1S/C22H16N6O4S/c1-33-22-24-25-26-28(22)15-5-2-4-14(11-15)23-19(29)13-7-8-17-18(10-13)21(31)27(20(17)30)12-16-6-3-9-32-16/h2-11H,12H2,1H3,(H,23,29). The number of amides is 3.